The predicted octanol–water partition coefficient (Wildman–Crippen LogP) is -0.660. The summed E-state index contributed by atoms with van der Waals surface area (Å²) in [5.41, 5.74) is 1.98. The van der Waals surface area contributed by atoms with Crippen LogP contribution in [0.15, 0.2) is 24.3 Å². The van der Waals surface area contributed by atoms with Gasteiger partial charge in [-0.2, -0.15) is 0 Å². The van der Waals surface area contributed by atoms with E-state index < -0.39 is 24.5 Å². The molecule has 1 heterocycles. The van der Waals surface area contributed by atoms with E-state index in [0.717, 1.165) is 11.3 Å². The van der Waals surface area contributed by atoms with E-state index >= 15 is 0 Å². The zero-order chi connectivity index (χ0) is 14.5. The monoisotopic (exact) mass is 277 g/mol. The molecular weight excluding hydrogens is 262 g/mol. The number of nitrogens with one attached hydrogen (secondary N) is 3. The number of carbonyl (C=O) groups excluding carboxylic acids is 2. The van der Waals surface area contributed by atoms with Crippen molar-refractivity contribution in [1.82, 2.24) is 10.6 Å². The Hall–Kier alpha value is -2.57. The van der Waals surface area contributed by atoms with Gasteiger partial charge in [0, 0.05) is 12.1 Å². The molecule has 0 saturated carbocycles. The summed E-state index contributed by atoms with van der Waals surface area (Å²) < 4.78 is 0. The minimum absolute atomic E-state index is 0.235. The predicted molar refractivity (Wildman–Crippen MR) is 71.2 cm³/mol. The molecule has 2 rings (SSSR count). The van der Waals surface area contributed by atoms with Crippen molar-refractivity contribution in [2.24, 2.45) is 0 Å². The van der Waals surface area contributed by atoms with Gasteiger partial charge in [0.1, 0.15) is 12.6 Å². The Balaban J connectivity index is 1.77. The highest BCUT2D eigenvalue weighted by Crippen LogP contribution is 2.24. The van der Waals surface area contributed by atoms with E-state index in [1.807, 2.05) is 24.3 Å². The average molecular weight is 277 g/mol. The third-order valence-electron chi connectivity index (χ3n) is 2.95. The second-order valence-electron chi connectivity index (χ2n) is 4.45. The van der Waals surface area contributed by atoms with E-state index in [9.17, 15) is 14.4 Å². The van der Waals surface area contributed by atoms with E-state index in [4.69, 9.17) is 5.11 Å². The molecule has 2 amide bonds. The van der Waals surface area contributed by atoms with Crippen molar-refractivity contribution in [1.29, 1.82) is 0 Å². The van der Waals surface area contributed by atoms with Crippen LogP contribution >= 0.6 is 0 Å². The summed E-state index contributed by atoms with van der Waals surface area (Å²) in [6, 6.07) is 7.21. The molecule has 1 aliphatic rings. The highest BCUT2D eigenvalue weighted by atomic mass is 16.4. The van der Waals surface area contributed by atoms with E-state index in [1.165, 1.54) is 0 Å². The van der Waals surface area contributed by atoms with E-state index in [-0.39, 0.29) is 12.5 Å². The van der Waals surface area contributed by atoms with Crippen LogP contribution < -0.4 is 16.0 Å². The molecule has 106 valence electrons. The lowest BCUT2D eigenvalue weighted by molar-refractivity contribution is -0.137. The number of amides is 2. The first-order chi connectivity index (χ1) is 9.56. The van der Waals surface area contributed by atoms with Gasteiger partial charge < -0.3 is 21.1 Å². The number of hydrogen-bond acceptors (Lipinski definition) is 4. The molecule has 20 heavy (non-hydrogen) atoms. The lowest BCUT2D eigenvalue weighted by atomic mass is 10.1. The average Bonchev–Trinajstić information content (AvgIpc) is 2.86. The van der Waals surface area contributed by atoms with E-state index in [2.05, 4.69) is 16.0 Å². The molecule has 1 aromatic carbocycles. The third-order valence-corrected chi connectivity index (χ3v) is 2.95. The first kappa shape index (κ1) is 13.9. The number of carboxylic acid groups (broad SMARTS) is 1. The fourth-order valence-electron chi connectivity index (χ4n) is 1.98. The molecule has 7 heteroatoms. The van der Waals surface area contributed by atoms with Crippen LogP contribution in [0.2, 0.25) is 0 Å². The van der Waals surface area contributed by atoms with Crippen molar-refractivity contribution in [3.8, 4) is 0 Å². The molecule has 1 atom stereocenters. The number of carboxylic acids is 1. The second-order valence-corrected chi connectivity index (χ2v) is 4.45. The molecule has 1 aliphatic heterocycles. The number of para-hydroxylation sites is 1. The Morgan fingerprint density at radius 3 is 2.65 bits per heavy atom. The third kappa shape index (κ3) is 3.47. The lowest BCUT2D eigenvalue weighted by Crippen LogP contribution is -2.44. The fourth-order valence-corrected chi connectivity index (χ4v) is 1.98. The number of hydrogen-bond donors (Lipinski definition) is 4. The first-order valence-electron chi connectivity index (χ1n) is 6.17. The Bertz CT molecular complexity index is 519. The van der Waals surface area contributed by atoms with Gasteiger partial charge in [-0.25, -0.2) is 0 Å². The fraction of sp³-hybridized carbons (Fsp3) is 0.308. The molecule has 0 radical (unpaired) electrons. The molecular formula is C13H15N3O4. The molecule has 0 fully saturated rings. The number of carbonyl (C=O) groups is 3. The SMILES string of the molecule is O=C(O)CNC(=O)CNC(=O)[C@@H]1Cc2ccccc2N1. The molecule has 0 spiro atoms. The van der Waals surface area contributed by atoms with Crippen molar-refractivity contribution >= 4 is 23.5 Å². The second kappa shape index (κ2) is 6.05. The Labute approximate surface area is 115 Å². The quantitative estimate of drug-likeness (QED) is 0.571. The maximum Gasteiger partial charge on any atom is 0.322 e. The Kier molecular flexibility index (Phi) is 4.19. The molecule has 7 nitrogen and oxygen atoms in total. The van der Waals surface area contributed by atoms with Crippen LogP contribution in [0.1, 0.15) is 5.56 Å². The standard InChI is InChI=1S/C13H15N3O4/c17-11(14-7-12(18)19)6-15-13(20)10-5-8-3-1-2-4-9(8)16-10/h1-4,10,16H,5-7H2,(H,14,17)(H,15,20)(H,18,19)/t10-/m0/s1. The molecule has 1 aromatic rings. The van der Waals surface area contributed by atoms with Gasteiger partial charge in [-0.05, 0) is 11.6 Å². The van der Waals surface area contributed by atoms with Crippen LogP contribution in [0.3, 0.4) is 0 Å². The number of aliphatic carboxylic acids is 1. The van der Waals surface area contributed by atoms with Crippen LogP contribution in [0, 0.1) is 0 Å². The van der Waals surface area contributed by atoms with Crippen molar-refractivity contribution in [2.45, 2.75) is 12.5 Å². The summed E-state index contributed by atoms with van der Waals surface area (Å²) in [6.45, 7) is -0.692. The van der Waals surface area contributed by atoms with Crippen LogP contribution in [-0.4, -0.2) is 42.0 Å². The first-order valence-corrected chi connectivity index (χ1v) is 6.17. The summed E-state index contributed by atoms with van der Waals surface area (Å²) in [5.74, 6) is -1.94. The van der Waals surface area contributed by atoms with Gasteiger partial charge in [0.2, 0.25) is 11.8 Å². The van der Waals surface area contributed by atoms with Gasteiger partial charge in [0.05, 0.1) is 6.54 Å². The summed E-state index contributed by atoms with van der Waals surface area (Å²) in [7, 11) is 0. The smallest absolute Gasteiger partial charge is 0.322 e. The van der Waals surface area contributed by atoms with Crippen molar-refractivity contribution in [2.75, 3.05) is 18.4 Å². The van der Waals surface area contributed by atoms with Crippen LogP contribution in [0.5, 0.6) is 0 Å². The Morgan fingerprint density at radius 1 is 1.20 bits per heavy atom. The van der Waals surface area contributed by atoms with E-state index in [1.54, 1.807) is 0 Å². The summed E-state index contributed by atoms with van der Waals surface area (Å²) in [6.07, 6.45) is 0.568. The van der Waals surface area contributed by atoms with Crippen LogP contribution in [0.4, 0.5) is 5.69 Å². The summed E-state index contributed by atoms with van der Waals surface area (Å²) in [4.78, 5) is 33.4. The maximum absolute atomic E-state index is 11.9. The largest absolute Gasteiger partial charge is 0.480 e. The van der Waals surface area contributed by atoms with Gasteiger partial charge in [-0.15, -0.1) is 0 Å². The molecule has 0 aromatic heterocycles. The molecule has 0 bridgehead atoms. The Morgan fingerprint density at radius 2 is 1.95 bits per heavy atom. The summed E-state index contributed by atoms with van der Waals surface area (Å²) in [5, 5.41) is 16.1. The molecule has 0 saturated heterocycles. The minimum atomic E-state index is -1.13. The van der Waals surface area contributed by atoms with Crippen LogP contribution in [0.25, 0.3) is 0 Å². The molecule has 0 unspecified atom stereocenters. The van der Waals surface area contributed by atoms with Gasteiger partial charge >= 0.3 is 5.97 Å². The zero-order valence-corrected chi connectivity index (χ0v) is 10.7. The molecule has 4 N–H and O–H groups in total. The highest BCUT2D eigenvalue weighted by molar-refractivity contribution is 5.91. The number of benzene rings is 1. The van der Waals surface area contributed by atoms with Crippen molar-refractivity contribution in [3.05, 3.63) is 29.8 Å². The van der Waals surface area contributed by atoms with Crippen molar-refractivity contribution < 1.29 is 19.5 Å². The molecule has 0 aliphatic carbocycles. The van der Waals surface area contributed by atoms with Gasteiger partial charge in [-0.1, -0.05) is 18.2 Å². The van der Waals surface area contributed by atoms with Gasteiger partial charge in [0.15, 0.2) is 0 Å². The highest BCUT2D eigenvalue weighted by Gasteiger charge is 2.26. The van der Waals surface area contributed by atoms with Crippen molar-refractivity contribution in [3.63, 3.8) is 0 Å². The summed E-state index contributed by atoms with van der Waals surface area (Å²) >= 11 is 0. The number of rotatable bonds is 5. The van der Waals surface area contributed by atoms with E-state index in [0.29, 0.717) is 6.42 Å². The topological polar surface area (TPSA) is 108 Å². The normalized spacial score (nSPS) is 15.9. The van der Waals surface area contributed by atoms with Gasteiger partial charge in [-0.3, -0.25) is 14.4 Å². The van der Waals surface area contributed by atoms with Crippen LogP contribution in [-0.2, 0) is 20.8 Å². The number of fused-ring (bicyclic) bond motifs is 1. The minimum Gasteiger partial charge on any atom is -0.480 e. The lowest BCUT2D eigenvalue weighted by Gasteiger charge is -2.11. The maximum atomic E-state index is 11.9. The van der Waals surface area contributed by atoms with Gasteiger partial charge in [0.25, 0.3) is 0 Å². The zero-order valence-electron chi connectivity index (χ0n) is 10.7. The number of anilines is 1.